The van der Waals surface area contributed by atoms with E-state index in [9.17, 15) is 10.5 Å². The molecule has 3 nitrogen and oxygen atoms in total. The Morgan fingerprint density at radius 1 is 0.533 bits per heavy atom. The molecule has 5 aromatic carbocycles. The maximum Gasteiger partial charge on any atom is 0.101 e. The van der Waals surface area contributed by atoms with E-state index in [0.717, 1.165) is 43.2 Å². The molecule has 0 fully saturated rings. The molecule has 0 radical (unpaired) electrons. The minimum atomic E-state index is 0.376. The number of hydrogen-bond donors (Lipinski definition) is 0. The third-order valence-electron chi connectivity index (χ3n) is 5.93. The van der Waals surface area contributed by atoms with Crippen LogP contribution in [-0.4, -0.2) is 4.98 Å². The van der Waals surface area contributed by atoms with E-state index in [-0.39, 0.29) is 0 Å². The lowest BCUT2D eigenvalue weighted by Crippen LogP contribution is -1.92. The van der Waals surface area contributed by atoms with E-state index in [1.165, 1.54) is 10.8 Å². The van der Waals surface area contributed by atoms with Gasteiger partial charge in [-0.3, -0.25) is 4.98 Å². The second-order valence-corrected chi connectivity index (χ2v) is 7.41. The van der Waals surface area contributed by atoms with Crippen molar-refractivity contribution in [3.05, 3.63) is 90.1 Å². The van der Waals surface area contributed by atoms with E-state index in [0.29, 0.717) is 11.1 Å². The van der Waals surface area contributed by atoms with Gasteiger partial charge in [0.15, 0.2) is 0 Å². The number of nitriles is 2. The van der Waals surface area contributed by atoms with E-state index in [4.69, 9.17) is 0 Å². The predicted octanol–water partition coefficient (Wildman–Crippen LogP) is 6.59. The Morgan fingerprint density at radius 2 is 1.03 bits per heavy atom. The van der Waals surface area contributed by atoms with Gasteiger partial charge in [-0.2, -0.15) is 10.5 Å². The molecule has 1 aromatic heterocycles. The van der Waals surface area contributed by atoms with Crippen LogP contribution in [0.4, 0.5) is 0 Å². The lowest BCUT2D eigenvalue weighted by Gasteiger charge is -2.16. The molecule has 0 saturated heterocycles. The molecule has 0 spiro atoms. The summed E-state index contributed by atoms with van der Waals surface area (Å²) in [6.07, 6.45) is 1.78. The summed E-state index contributed by atoms with van der Waals surface area (Å²) in [5, 5.41) is 29.0. The number of aromatic nitrogens is 1. The number of nitrogens with zero attached hydrogens (tertiary/aromatic N) is 3. The fraction of sp³-hybridized carbons (Fsp3) is 0. The predicted molar refractivity (Wildman–Crippen MR) is 121 cm³/mol. The maximum absolute atomic E-state index is 9.66. The fourth-order valence-electron chi connectivity index (χ4n) is 4.71. The lowest BCUT2D eigenvalue weighted by molar-refractivity contribution is 1.42. The van der Waals surface area contributed by atoms with Crippen molar-refractivity contribution >= 4 is 54.0 Å². The maximum atomic E-state index is 9.66. The quantitative estimate of drug-likeness (QED) is 0.280. The van der Waals surface area contributed by atoms with E-state index in [1.807, 2.05) is 24.3 Å². The number of pyridine rings is 1. The van der Waals surface area contributed by atoms with Crippen molar-refractivity contribution in [2.45, 2.75) is 0 Å². The summed E-state index contributed by atoms with van der Waals surface area (Å²) < 4.78 is 0. The van der Waals surface area contributed by atoms with Crippen molar-refractivity contribution in [3.8, 4) is 12.1 Å². The first kappa shape index (κ1) is 16.5. The minimum absolute atomic E-state index is 0.376. The molecule has 1 heterocycles. The van der Waals surface area contributed by atoms with Gasteiger partial charge in [-0.15, -0.1) is 0 Å². The van der Waals surface area contributed by atoms with Crippen molar-refractivity contribution < 1.29 is 0 Å². The van der Waals surface area contributed by atoms with E-state index >= 15 is 0 Å². The molecule has 0 aliphatic heterocycles. The second kappa shape index (κ2) is 6.01. The number of rotatable bonds is 0. The molecule has 136 valence electrons. The first-order chi connectivity index (χ1) is 14.8. The van der Waals surface area contributed by atoms with Gasteiger partial charge >= 0.3 is 0 Å². The Balaban J connectivity index is 2.09. The Hall–Kier alpha value is -4.47. The highest BCUT2D eigenvalue weighted by Gasteiger charge is 2.17. The monoisotopic (exact) mass is 379 g/mol. The molecule has 0 aliphatic carbocycles. The molecule has 0 unspecified atom stereocenters. The Labute approximate surface area is 172 Å². The van der Waals surface area contributed by atoms with Gasteiger partial charge in [-0.25, -0.2) is 0 Å². The normalized spacial score (nSPS) is 11.3. The topological polar surface area (TPSA) is 60.5 Å². The van der Waals surface area contributed by atoms with Crippen LogP contribution in [0.3, 0.4) is 0 Å². The minimum Gasteiger partial charge on any atom is -0.256 e. The molecule has 0 atom stereocenters. The van der Waals surface area contributed by atoms with Crippen molar-refractivity contribution in [2.75, 3.05) is 0 Å². The van der Waals surface area contributed by atoms with E-state index < -0.39 is 0 Å². The number of hydrogen-bond acceptors (Lipinski definition) is 3. The molecular formula is C27H13N3. The van der Waals surface area contributed by atoms with E-state index in [2.05, 4.69) is 65.7 Å². The van der Waals surface area contributed by atoms with Crippen LogP contribution in [0.2, 0.25) is 0 Å². The summed E-state index contributed by atoms with van der Waals surface area (Å²) >= 11 is 0. The summed E-state index contributed by atoms with van der Waals surface area (Å²) in [7, 11) is 0. The van der Waals surface area contributed by atoms with Crippen LogP contribution in [0.15, 0.2) is 79.0 Å². The zero-order chi connectivity index (χ0) is 20.2. The average molecular weight is 379 g/mol. The van der Waals surface area contributed by atoms with Gasteiger partial charge in [0.2, 0.25) is 0 Å². The summed E-state index contributed by atoms with van der Waals surface area (Å²) in [4.78, 5) is 4.68. The first-order valence-corrected chi connectivity index (χ1v) is 9.69. The molecular weight excluding hydrogens is 366 g/mol. The number of benzene rings is 5. The fourth-order valence-corrected chi connectivity index (χ4v) is 4.71. The summed E-state index contributed by atoms with van der Waals surface area (Å²) in [5.74, 6) is 0. The molecule has 6 rings (SSSR count). The van der Waals surface area contributed by atoms with Crippen LogP contribution in [0.5, 0.6) is 0 Å². The molecule has 0 bridgehead atoms. The summed E-state index contributed by atoms with van der Waals surface area (Å²) in [5.41, 5.74) is 1.61. The summed E-state index contributed by atoms with van der Waals surface area (Å²) in [6.45, 7) is 0. The smallest absolute Gasteiger partial charge is 0.101 e. The Kier molecular flexibility index (Phi) is 3.30. The SMILES string of the molecule is N#Cc1cc2c(cc1C#N)c1c3ccccc3c3ccccc3c1c1cccnc21. The highest BCUT2D eigenvalue weighted by Crippen LogP contribution is 2.43. The summed E-state index contributed by atoms with van der Waals surface area (Å²) in [6, 6.07) is 28.9. The number of fused-ring (bicyclic) bond motifs is 11. The van der Waals surface area contributed by atoms with Crippen LogP contribution in [-0.2, 0) is 0 Å². The Morgan fingerprint density at radius 3 is 1.63 bits per heavy atom. The molecule has 0 N–H and O–H groups in total. The van der Waals surface area contributed by atoms with Crippen LogP contribution in [0.1, 0.15) is 11.1 Å². The molecule has 3 heteroatoms. The second-order valence-electron chi connectivity index (χ2n) is 7.41. The van der Waals surface area contributed by atoms with Gasteiger partial charge in [0.05, 0.1) is 16.6 Å². The Bertz CT molecular complexity index is 1760. The first-order valence-electron chi connectivity index (χ1n) is 9.69. The van der Waals surface area contributed by atoms with Gasteiger partial charge in [-0.05, 0) is 50.5 Å². The van der Waals surface area contributed by atoms with Crippen LogP contribution in [0, 0.1) is 22.7 Å². The molecule has 0 saturated carbocycles. The van der Waals surface area contributed by atoms with Gasteiger partial charge in [0.1, 0.15) is 12.1 Å². The molecule has 0 amide bonds. The zero-order valence-electron chi connectivity index (χ0n) is 15.8. The molecule has 6 aromatic rings. The highest BCUT2D eigenvalue weighted by atomic mass is 14.6. The lowest BCUT2D eigenvalue weighted by atomic mass is 9.87. The van der Waals surface area contributed by atoms with Gasteiger partial charge < -0.3 is 0 Å². The zero-order valence-corrected chi connectivity index (χ0v) is 15.8. The van der Waals surface area contributed by atoms with Crippen molar-refractivity contribution in [1.82, 2.24) is 4.98 Å². The van der Waals surface area contributed by atoms with Crippen molar-refractivity contribution in [1.29, 1.82) is 10.5 Å². The highest BCUT2D eigenvalue weighted by molar-refractivity contribution is 6.39. The largest absolute Gasteiger partial charge is 0.256 e. The molecule has 30 heavy (non-hydrogen) atoms. The van der Waals surface area contributed by atoms with Crippen LogP contribution >= 0.6 is 0 Å². The van der Waals surface area contributed by atoms with Gasteiger partial charge in [0.25, 0.3) is 0 Å². The standard InChI is InChI=1S/C27H13N3/c28-14-16-12-23-24(13-17(16)15-29)27-22(10-5-11-30-27)25-20-8-3-1-6-18(20)19-7-2-4-9-21(19)26(23)25/h1-13H. The van der Waals surface area contributed by atoms with Gasteiger partial charge in [0, 0.05) is 22.4 Å². The van der Waals surface area contributed by atoms with Crippen LogP contribution in [0.25, 0.3) is 54.0 Å². The van der Waals surface area contributed by atoms with Crippen molar-refractivity contribution in [2.24, 2.45) is 0 Å². The third-order valence-corrected chi connectivity index (χ3v) is 5.93. The molecule has 0 aliphatic rings. The average Bonchev–Trinajstić information content (AvgIpc) is 2.82. The van der Waals surface area contributed by atoms with Crippen LogP contribution < -0.4 is 0 Å². The van der Waals surface area contributed by atoms with Crippen molar-refractivity contribution in [3.63, 3.8) is 0 Å². The van der Waals surface area contributed by atoms with Gasteiger partial charge in [-0.1, -0.05) is 54.6 Å². The third kappa shape index (κ3) is 2.04. The van der Waals surface area contributed by atoms with E-state index in [1.54, 1.807) is 6.20 Å².